The van der Waals surface area contributed by atoms with Gasteiger partial charge < -0.3 is 14.6 Å². The molecule has 4 aromatic rings. The summed E-state index contributed by atoms with van der Waals surface area (Å²) >= 11 is 0. The summed E-state index contributed by atoms with van der Waals surface area (Å²) in [5, 5.41) is 3.05. The third kappa shape index (κ3) is 6.54. The number of aromatic nitrogens is 2. The number of aryl methyl sites for hydroxylation is 5. The number of carbonyl (C=O) groups excluding carboxylic acids is 1. The molecule has 1 N–H and O–H groups in total. The summed E-state index contributed by atoms with van der Waals surface area (Å²) < 4.78 is 8.35. The van der Waals surface area contributed by atoms with Gasteiger partial charge in [0, 0.05) is 25.1 Å². The van der Waals surface area contributed by atoms with Crippen molar-refractivity contribution in [2.45, 2.75) is 59.4 Å². The molecular weight excluding hydrogens is 446 g/mol. The first-order valence-electron chi connectivity index (χ1n) is 13.0. The van der Waals surface area contributed by atoms with E-state index in [1.54, 1.807) is 0 Å². The lowest BCUT2D eigenvalue weighted by Gasteiger charge is -2.11. The molecule has 0 unspecified atom stereocenters. The maximum Gasteiger partial charge on any atom is 0.251 e. The van der Waals surface area contributed by atoms with E-state index in [2.05, 4.69) is 54.1 Å². The van der Waals surface area contributed by atoms with Gasteiger partial charge in [-0.25, -0.2) is 4.98 Å². The Morgan fingerprint density at radius 1 is 0.861 bits per heavy atom. The number of imidazole rings is 1. The lowest BCUT2D eigenvalue weighted by Crippen LogP contribution is -2.25. The maximum atomic E-state index is 12.4. The lowest BCUT2D eigenvalue weighted by molar-refractivity contribution is 0.0952. The quantitative estimate of drug-likeness (QED) is 0.232. The zero-order valence-corrected chi connectivity index (χ0v) is 21.7. The van der Waals surface area contributed by atoms with Crippen LogP contribution in [0.4, 0.5) is 0 Å². The van der Waals surface area contributed by atoms with Crippen molar-refractivity contribution in [1.82, 2.24) is 14.9 Å². The first kappa shape index (κ1) is 25.5. The first-order chi connectivity index (χ1) is 17.5. The van der Waals surface area contributed by atoms with E-state index < -0.39 is 0 Å². The normalized spacial score (nSPS) is 11.1. The number of unbranched alkanes of at least 4 members (excludes halogenated alkanes) is 2. The highest BCUT2D eigenvalue weighted by Gasteiger charge is 2.11. The second-order valence-electron chi connectivity index (χ2n) is 9.50. The van der Waals surface area contributed by atoms with Gasteiger partial charge in [0.1, 0.15) is 11.6 Å². The van der Waals surface area contributed by atoms with Crippen molar-refractivity contribution in [3.63, 3.8) is 0 Å². The summed E-state index contributed by atoms with van der Waals surface area (Å²) in [6.07, 6.45) is 4.90. The number of ether oxygens (including phenoxy) is 1. The van der Waals surface area contributed by atoms with Crippen LogP contribution in [0.1, 0.15) is 58.6 Å². The first-order valence-corrected chi connectivity index (χ1v) is 13.0. The fourth-order valence-corrected chi connectivity index (χ4v) is 4.49. The Labute approximate surface area is 214 Å². The highest BCUT2D eigenvalue weighted by molar-refractivity contribution is 5.95. The van der Waals surface area contributed by atoms with Gasteiger partial charge in [-0.05, 0) is 87.1 Å². The van der Waals surface area contributed by atoms with Crippen LogP contribution < -0.4 is 10.1 Å². The summed E-state index contributed by atoms with van der Waals surface area (Å²) in [5.74, 6) is 2.08. The number of fused-ring (bicyclic) bond motifs is 1. The van der Waals surface area contributed by atoms with Gasteiger partial charge in [-0.3, -0.25) is 4.79 Å². The molecule has 5 heteroatoms. The Hall–Kier alpha value is -3.60. The van der Waals surface area contributed by atoms with E-state index in [0.29, 0.717) is 13.2 Å². The minimum atomic E-state index is 0.0120. The van der Waals surface area contributed by atoms with Crippen molar-refractivity contribution < 1.29 is 9.53 Å². The van der Waals surface area contributed by atoms with Crippen molar-refractivity contribution in [1.29, 1.82) is 0 Å². The molecule has 0 aliphatic heterocycles. The average molecular weight is 484 g/mol. The molecule has 0 spiro atoms. The molecule has 0 fully saturated rings. The number of nitrogens with zero attached hydrogens (tertiary/aromatic N) is 2. The van der Waals surface area contributed by atoms with Gasteiger partial charge in [-0.1, -0.05) is 42.8 Å². The zero-order chi connectivity index (χ0) is 25.3. The topological polar surface area (TPSA) is 56.1 Å². The number of para-hydroxylation sites is 2. The number of hydrogen-bond acceptors (Lipinski definition) is 3. The Morgan fingerprint density at radius 3 is 2.50 bits per heavy atom. The smallest absolute Gasteiger partial charge is 0.251 e. The van der Waals surface area contributed by atoms with Crippen LogP contribution in [-0.4, -0.2) is 28.6 Å². The maximum absolute atomic E-state index is 12.4. The van der Waals surface area contributed by atoms with Crippen LogP contribution in [0, 0.1) is 20.8 Å². The minimum absolute atomic E-state index is 0.0120. The molecule has 4 rings (SSSR count). The van der Waals surface area contributed by atoms with Crippen LogP contribution in [0.2, 0.25) is 0 Å². The summed E-state index contributed by atoms with van der Waals surface area (Å²) in [7, 11) is 0. The molecule has 36 heavy (non-hydrogen) atoms. The molecule has 0 aliphatic rings. The van der Waals surface area contributed by atoms with E-state index in [1.807, 2.05) is 43.3 Å². The molecule has 0 bridgehead atoms. The van der Waals surface area contributed by atoms with Crippen molar-refractivity contribution >= 4 is 16.9 Å². The molecule has 0 saturated carbocycles. The molecule has 188 valence electrons. The number of amides is 1. The van der Waals surface area contributed by atoms with E-state index in [9.17, 15) is 4.79 Å². The van der Waals surface area contributed by atoms with Crippen LogP contribution >= 0.6 is 0 Å². The van der Waals surface area contributed by atoms with E-state index in [4.69, 9.17) is 9.72 Å². The summed E-state index contributed by atoms with van der Waals surface area (Å²) in [6, 6.07) is 22.3. The number of nitrogens with one attached hydrogen (secondary N) is 1. The fraction of sp³-hybridized carbons (Fsp3) is 0.355. The predicted octanol–water partition coefficient (Wildman–Crippen LogP) is 6.57. The Morgan fingerprint density at radius 2 is 1.67 bits per heavy atom. The van der Waals surface area contributed by atoms with Crippen molar-refractivity contribution in [3.8, 4) is 5.75 Å². The standard InChI is InChI=1S/C31H37N3O2/c1-23-17-18-26(22-25(23)3)36-21-11-20-34-29-15-9-8-14-28(29)33-30(34)16-5-4-10-19-32-31(35)27-13-7-6-12-24(27)2/h6-9,12-15,17-18,22H,4-5,10-11,16,19-21H2,1-3H3,(H,32,35). The van der Waals surface area contributed by atoms with Crippen LogP contribution in [0.25, 0.3) is 11.0 Å². The van der Waals surface area contributed by atoms with Gasteiger partial charge >= 0.3 is 0 Å². The molecular formula is C31H37N3O2. The molecule has 1 heterocycles. The van der Waals surface area contributed by atoms with Crippen molar-refractivity contribution in [2.24, 2.45) is 0 Å². The molecule has 0 aliphatic carbocycles. The van der Waals surface area contributed by atoms with Crippen LogP contribution in [0.3, 0.4) is 0 Å². The average Bonchev–Trinajstić information content (AvgIpc) is 3.23. The number of hydrogen-bond donors (Lipinski definition) is 1. The molecule has 5 nitrogen and oxygen atoms in total. The summed E-state index contributed by atoms with van der Waals surface area (Å²) in [4.78, 5) is 17.3. The second-order valence-corrected chi connectivity index (χ2v) is 9.50. The van der Waals surface area contributed by atoms with Gasteiger partial charge in [0.25, 0.3) is 5.91 Å². The van der Waals surface area contributed by atoms with Gasteiger partial charge in [0.2, 0.25) is 0 Å². The van der Waals surface area contributed by atoms with Crippen LogP contribution in [-0.2, 0) is 13.0 Å². The second kappa shape index (κ2) is 12.4. The molecule has 1 aromatic heterocycles. The molecule has 0 saturated heterocycles. The highest BCUT2D eigenvalue weighted by atomic mass is 16.5. The van der Waals surface area contributed by atoms with Crippen molar-refractivity contribution in [3.05, 3.63) is 94.8 Å². The highest BCUT2D eigenvalue weighted by Crippen LogP contribution is 2.20. The van der Waals surface area contributed by atoms with Gasteiger partial charge in [-0.15, -0.1) is 0 Å². The monoisotopic (exact) mass is 483 g/mol. The van der Waals surface area contributed by atoms with Crippen molar-refractivity contribution in [2.75, 3.05) is 13.2 Å². The van der Waals surface area contributed by atoms with Crippen LogP contribution in [0.5, 0.6) is 5.75 Å². The fourth-order valence-electron chi connectivity index (χ4n) is 4.49. The number of benzene rings is 3. The Balaban J connectivity index is 1.25. The number of rotatable bonds is 12. The van der Waals surface area contributed by atoms with E-state index >= 15 is 0 Å². The Kier molecular flexibility index (Phi) is 8.77. The van der Waals surface area contributed by atoms with Gasteiger partial charge in [-0.2, -0.15) is 0 Å². The number of carbonyl (C=O) groups is 1. The van der Waals surface area contributed by atoms with Crippen LogP contribution in [0.15, 0.2) is 66.7 Å². The summed E-state index contributed by atoms with van der Waals surface area (Å²) in [5.41, 5.74) is 6.54. The Bertz CT molecular complexity index is 1310. The lowest BCUT2D eigenvalue weighted by atomic mass is 10.1. The molecule has 1 amide bonds. The third-order valence-electron chi connectivity index (χ3n) is 6.76. The molecule has 0 radical (unpaired) electrons. The minimum Gasteiger partial charge on any atom is -0.494 e. The largest absolute Gasteiger partial charge is 0.494 e. The summed E-state index contributed by atoms with van der Waals surface area (Å²) in [6.45, 7) is 8.45. The zero-order valence-electron chi connectivity index (χ0n) is 21.7. The van der Waals surface area contributed by atoms with Gasteiger partial charge in [0.05, 0.1) is 17.6 Å². The van der Waals surface area contributed by atoms with E-state index in [0.717, 1.165) is 66.9 Å². The molecule has 3 aromatic carbocycles. The van der Waals surface area contributed by atoms with Gasteiger partial charge in [0.15, 0.2) is 0 Å². The van der Waals surface area contributed by atoms with E-state index in [1.165, 1.54) is 16.6 Å². The van der Waals surface area contributed by atoms with E-state index in [-0.39, 0.29) is 5.91 Å². The SMILES string of the molecule is Cc1ccc(OCCCn2c(CCCCCNC(=O)c3ccccc3C)nc3ccccc32)cc1C. The third-order valence-corrected chi connectivity index (χ3v) is 6.76. The molecule has 0 atom stereocenters. The predicted molar refractivity (Wildman–Crippen MR) is 147 cm³/mol.